The molecule has 0 atom stereocenters. The Labute approximate surface area is 185 Å². The van der Waals surface area contributed by atoms with Gasteiger partial charge in [0.05, 0.1) is 26.5 Å². The van der Waals surface area contributed by atoms with Crippen LogP contribution in [0.15, 0.2) is 47.3 Å². The van der Waals surface area contributed by atoms with Crippen molar-refractivity contribution in [3.05, 3.63) is 75.2 Å². The van der Waals surface area contributed by atoms with Crippen LogP contribution in [0.5, 0.6) is 11.5 Å². The van der Waals surface area contributed by atoms with Gasteiger partial charge in [0.25, 0.3) is 11.3 Å². The molecule has 2 heterocycles. The number of aromatic nitrogens is 4. The van der Waals surface area contributed by atoms with Crippen LogP contribution in [0.3, 0.4) is 0 Å². The van der Waals surface area contributed by atoms with Gasteiger partial charge in [0.2, 0.25) is 5.95 Å². The standard InChI is InChI=1S/C23H26N6O3/c1-14-6-5-7-15(2)21(14)24-13-17-11-20(30)29-23(26-17)27-22(28-29)25-12-16-8-9-18(31-3)19(10-16)32-4/h5-11,24H,12-13H2,1-4H3,(H2,25,26,27,28). The van der Waals surface area contributed by atoms with Crippen LogP contribution in [0.4, 0.5) is 11.6 Å². The summed E-state index contributed by atoms with van der Waals surface area (Å²) < 4.78 is 11.9. The lowest BCUT2D eigenvalue weighted by Gasteiger charge is -2.11. The van der Waals surface area contributed by atoms with Gasteiger partial charge in [0.15, 0.2) is 11.5 Å². The summed E-state index contributed by atoms with van der Waals surface area (Å²) in [5, 5.41) is 9.50. The van der Waals surface area contributed by atoms with Crippen LogP contribution in [0.1, 0.15) is 22.4 Å². The van der Waals surface area contributed by atoms with Gasteiger partial charge in [-0.3, -0.25) is 9.89 Å². The van der Waals surface area contributed by atoms with Gasteiger partial charge in [0, 0.05) is 18.3 Å². The summed E-state index contributed by atoms with van der Waals surface area (Å²) in [7, 11) is 3.19. The van der Waals surface area contributed by atoms with Gasteiger partial charge >= 0.3 is 0 Å². The zero-order valence-electron chi connectivity index (χ0n) is 18.5. The van der Waals surface area contributed by atoms with Gasteiger partial charge in [0.1, 0.15) is 0 Å². The zero-order chi connectivity index (χ0) is 22.7. The third-order valence-corrected chi connectivity index (χ3v) is 5.22. The van der Waals surface area contributed by atoms with Crippen molar-refractivity contribution in [2.75, 3.05) is 24.9 Å². The minimum absolute atomic E-state index is 0.222. The summed E-state index contributed by atoms with van der Waals surface area (Å²) in [4.78, 5) is 21.5. The van der Waals surface area contributed by atoms with Crippen molar-refractivity contribution in [1.82, 2.24) is 19.6 Å². The molecule has 2 aromatic heterocycles. The van der Waals surface area contributed by atoms with E-state index in [1.807, 2.05) is 50.2 Å². The smallest absolute Gasteiger partial charge is 0.274 e. The maximum absolute atomic E-state index is 12.6. The molecule has 0 aliphatic heterocycles. The lowest BCUT2D eigenvalue weighted by molar-refractivity contribution is 0.354. The molecule has 2 aromatic carbocycles. The first kappa shape index (κ1) is 21.2. The van der Waals surface area contributed by atoms with Gasteiger partial charge in [-0.2, -0.15) is 9.50 Å². The van der Waals surface area contributed by atoms with E-state index in [9.17, 15) is 4.79 Å². The second-order valence-electron chi connectivity index (χ2n) is 7.46. The van der Waals surface area contributed by atoms with Crippen LogP contribution in [-0.4, -0.2) is 33.8 Å². The van der Waals surface area contributed by atoms with Crippen LogP contribution in [-0.2, 0) is 13.1 Å². The lowest BCUT2D eigenvalue weighted by Crippen LogP contribution is -2.17. The van der Waals surface area contributed by atoms with Gasteiger partial charge in [-0.25, -0.2) is 4.98 Å². The number of methoxy groups -OCH3 is 2. The second-order valence-corrected chi connectivity index (χ2v) is 7.46. The van der Waals surface area contributed by atoms with E-state index in [0.717, 1.165) is 22.4 Å². The molecule has 0 fully saturated rings. The molecule has 0 bridgehead atoms. The molecule has 0 saturated carbocycles. The predicted molar refractivity (Wildman–Crippen MR) is 124 cm³/mol. The molecule has 0 spiro atoms. The van der Waals surface area contributed by atoms with Crippen molar-refractivity contribution in [3.8, 4) is 11.5 Å². The number of aromatic amines is 1. The molecule has 9 nitrogen and oxygen atoms in total. The highest BCUT2D eigenvalue weighted by atomic mass is 16.5. The number of nitrogens with zero attached hydrogens (tertiary/aromatic N) is 3. The lowest BCUT2D eigenvalue weighted by atomic mass is 10.1. The summed E-state index contributed by atoms with van der Waals surface area (Å²) >= 11 is 0. The molecule has 3 N–H and O–H groups in total. The predicted octanol–water partition coefficient (Wildman–Crippen LogP) is 3.28. The summed E-state index contributed by atoms with van der Waals surface area (Å²) in [5.41, 5.74) is 4.71. The van der Waals surface area contributed by atoms with E-state index in [1.54, 1.807) is 14.2 Å². The van der Waals surface area contributed by atoms with Crippen molar-refractivity contribution >= 4 is 17.4 Å². The number of nitrogens with one attached hydrogen (secondary N) is 3. The molecule has 0 saturated heterocycles. The first-order chi connectivity index (χ1) is 15.5. The molecule has 0 radical (unpaired) electrons. The quantitative estimate of drug-likeness (QED) is 0.391. The minimum atomic E-state index is -0.222. The number of aryl methyl sites for hydroxylation is 2. The Hall–Kier alpha value is -4.01. The van der Waals surface area contributed by atoms with Crippen molar-refractivity contribution in [3.63, 3.8) is 0 Å². The van der Waals surface area contributed by atoms with Crippen molar-refractivity contribution < 1.29 is 9.47 Å². The van der Waals surface area contributed by atoms with Crippen molar-refractivity contribution in [1.29, 1.82) is 0 Å². The van der Waals surface area contributed by atoms with E-state index in [-0.39, 0.29) is 5.56 Å². The molecule has 0 aliphatic carbocycles. The molecule has 4 aromatic rings. The third-order valence-electron chi connectivity index (χ3n) is 5.22. The Kier molecular flexibility index (Phi) is 5.98. The van der Waals surface area contributed by atoms with E-state index >= 15 is 0 Å². The Morgan fingerprint density at radius 2 is 1.69 bits per heavy atom. The average Bonchev–Trinajstić information content (AvgIpc) is 3.21. The fourth-order valence-corrected chi connectivity index (χ4v) is 3.55. The van der Waals surface area contributed by atoms with E-state index in [2.05, 4.69) is 25.7 Å². The number of anilines is 2. The molecule has 166 valence electrons. The molecule has 4 rings (SSSR count). The summed E-state index contributed by atoms with van der Waals surface area (Å²) in [5.74, 6) is 2.07. The highest BCUT2D eigenvalue weighted by Crippen LogP contribution is 2.27. The van der Waals surface area contributed by atoms with Crippen LogP contribution in [0, 0.1) is 13.8 Å². The molecule has 9 heteroatoms. The number of H-pyrrole nitrogens is 1. The van der Waals surface area contributed by atoms with Crippen LogP contribution in [0.25, 0.3) is 5.78 Å². The maximum Gasteiger partial charge on any atom is 0.274 e. The van der Waals surface area contributed by atoms with E-state index in [1.165, 1.54) is 10.6 Å². The highest BCUT2D eigenvalue weighted by Gasteiger charge is 2.10. The number of ether oxygens (including phenoxy) is 2. The first-order valence-electron chi connectivity index (χ1n) is 10.2. The molecule has 0 amide bonds. The monoisotopic (exact) mass is 434 g/mol. The number of hydrogen-bond donors (Lipinski definition) is 3. The van der Waals surface area contributed by atoms with Gasteiger partial charge in [-0.15, -0.1) is 0 Å². The normalized spacial score (nSPS) is 10.9. The van der Waals surface area contributed by atoms with Gasteiger partial charge in [-0.1, -0.05) is 24.3 Å². The number of rotatable bonds is 8. The topological polar surface area (TPSA) is 106 Å². The minimum Gasteiger partial charge on any atom is -0.493 e. The van der Waals surface area contributed by atoms with Gasteiger partial charge in [-0.05, 0) is 42.7 Å². The number of benzene rings is 2. The number of para-hydroxylation sites is 1. The Morgan fingerprint density at radius 3 is 2.41 bits per heavy atom. The Morgan fingerprint density at radius 1 is 0.938 bits per heavy atom. The third kappa shape index (κ3) is 4.36. The Bertz CT molecular complexity index is 1290. The summed E-state index contributed by atoms with van der Waals surface area (Å²) in [6.07, 6.45) is 0. The van der Waals surface area contributed by atoms with Gasteiger partial charge < -0.3 is 20.1 Å². The summed E-state index contributed by atoms with van der Waals surface area (Å²) in [6, 6.07) is 13.3. The fourth-order valence-electron chi connectivity index (χ4n) is 3.55. The first-order valence-corrected chi connectivity index (χ1v) is 10.2. The second kappa shape index (κ2) is 9.01. The van der Waals surface area contributed by atoms with Crippen molar-refractivity contribution in [2.45, 2.75) is 26.9 Å². The number of hydrogen-bond acceptors (Lipinski definition) is 7. The van der Waals surface area contributed by atoms with Crippen LogP contribution >= 0.6 is 0 Å². The summed E-state index contributed by atoms with van der Waals surface area (Å²) in [6.45, 7) is 5.00. The zero-order valence-corrected chi connectivity index (χ0v) is 18.5. The molecular weight excluding hydrogens is 408 g/mol. The molecule has 0 aliphatic rings. The van der Waals surface area contributed by atoms with E-state index in [4.69, 9.17) is 9.47 Å². The highest BCUT2D eigenvalue weighted by molar-refractivity contribution is 5.56. The van der Waals surface area contributed by atoms with Crippen LogP contribution < -0.4 is 25.7 Å². The molecule has 32 heavy (non-hydrogen) atoms. The molecule has 0 unspecified atom stereocenters. The van der Waals surface area contributed by atoms with E-state index in [0.29, 0.717) is 42.0 Å². The maximum atomic E-state index is 12.6. The number of fused-ring (bicyclic) bond motifs is 1. The molecular formula is C23H26N6O3. The SMILES string of the molecule is COc1ccc(CNc2nc3nc(CNc4c(C)cccc4C)cc(=O)n3[nH]2)cc1OC. The Balaban J connectivity index is 1.49. The van der Waals surface area contributed by atoms with Crippen molar-refractivity contribution in [2.24, 2.45) is 0 Å². The average molecular weight is 435 g/mol. The fraction of sp³-hybridized carbons (Fsp3) is 0.261. The van der Waals surface area contributed by atoms with E-state index < -0.39 is 0 Å². The largest absolute Gasteiger partial charge is 0.493 e. The van der Waals surface area contributed by atoms with Crippen LogP contribution in [0.2, 0.25) is 0 Å².